The Morgan fingerprint density at radius 2 is 2.25 bits per heavy atom. The number of aromatic nitrogens is 1. The molecule has 3 heteroatoms. The van der Waals surface area contributed by atoms with Crippen molar-refractivity contribution in [2.45, 2.75) is 18.8 Å². The molecule has 2 nitrogen and oxygen atoms in total. The summed E-state index contributed by atoms with van der Waals surface area (Å²) in [5, 5.41) is 4.05. The maximum absolute atomic E-state index is 4.31. The smallest absolute Gasteiger partial charge is 0.182 e. The molecule has 1 aliphatic carbocycles. The summed E-state index contributed by atoms with van der Waals surface area (Å²) in [4.78, 5) is 5.55. The van der Waals surface area contributed by atoms with E-state index in [-0.39, 0.29) is 0 Å². The van der Waals surface area contributed by atoms with Crippen LogP contribution in [0.3, 0.4) is 0 Å². The van der Waals surface area contributed by atoms with E-state index < -0.39 is 0 Å². The van der Waals surface area contributed by atoms with Gasteiger partial charge in [0, 0.05) is 13.2 Å². The van der Waals surface area contributed by atoms with E-state index in [1.807, 2.05) is 13.2 Å². The Labute approximate surface area is 99.4 Å². The van der Waals surface area contributed by atoms with Gasteiger partial charge in [0.1, 0.15) is 0 Å². The second-order valence-corrected chi connectivity index (χ2v) is 5.21. The van der Waals surface area contributed by atoms with E-state index in [0.717, 1.165) is 11.0 Å². The van der Waals surface area contributed by atoms with Gasteiger partial charge in [0.25, 0.3) is 0 Å². The molecule has 0 amide bonds. The highest BCUT2D eigenvalue weighted by Gasteiger charge is 2.23. The van der Waals surface area contributed by atoms with Gasteiger partial charge >= 0.3 is 0 Å². The van der Waals surface area contributed by atoms with E-state index in [1.165, 1.54) is 28.8 Å². The summed E-state index contributed by atoms with van der Waals surface area (Å²) in [5.41, 5.74) is 2.78. The fraction of sp³-hybridized carbons (Fsp3) is 0.308. The second kappa shape index (κ2) is 3.91. The van der Waals surface area contributed by atoms with Crippen LogP contribution in [-0.4, -0.2) is 12.0 Å². The Morgan fingerprint density at radius 1 is 1.38 bits per heavy atom. The van der Waals surface area contributed by atoms with Gasteiger partial charge in [0.2, 0.25) is 0 Å². The molecule has 1 heterocycles. The van der Waals surface area contributed by atoms with Gasteiger partial charge in [-0.3, -0.25) is 0 Å². The SMILES string of the molecule is CNc1ncc(-c2cccc(C3CC3)c2)s1. The average molecular weight is 230 g/mol. The molecule has 16 heavy (non-hydrogen) atoms. The fourth-order valence-electron chi connectivity index (χ4n) is 1.89. The summed E-state index contributed by atoms with van der Waals surface area (Å²) in [6, 6.07) is 8.87. The standard InChI is InChI=1S/C13H14N2S/c1-14-13-15-8-12(16-13)11-4-2-3-10(7-11)9-5-6-9/h2-4,7-9H,5-6H2,1H3,(H,14,15). The summed E-state index contributed by atoms with van der Waals surface area (Å²) in [6.45, 7) is 0. The lowest BCUT2D eigenvalue weighted by molar-refractivity contribution is 1.13. The minimum absolute atomic E-state index is 0.816. The van der Waals surface area contributed by atoms with Gasteiger partial charge in [-0.25, -0.2) is 4.98 Å². The van der Waals surface area contributed by atoms with Crippen LogP contribution in [0.5, 0.6) is 0 Å². The summed E-state index contributed by atoms with van der Waals surface area (Å²) in [7, 11) is 1.91. The van der Waals surface area contributed by atoms with Crippen molar-refractivity contribution in [3.63, 3.8) is 0 Å². The van der Waals surface area contributed by atoms with E-state index in [2.05, 4.69) is 34.6 Å². The van der Waals surface area contributed by atoms with E-state index in [0.29, 0.717) is 0 Å². The maximum Gasteiger partial charge on any atom is 0.182 e. The largest absolute Gasteiger partial charge is 0.365 e. The predicted octanol–water partition coefficient (Wildman–Crippen LogP) is 3.73. The molecule has 0 saturated heterocycles. The first-order valence-electron chi connectivity index (χ1n) is 5.61. The molecule has 0 radical (unpaired) electrons. The number of hydrogen-bond acceptors (Lipinski definition) is 3. The zero-order valence-electron chi connectivity index (χ0n) is 9.23. The highest BCUT2D eigenvalue weighted by atomic mass is 32.1. The summed E-state index contributed by atoms with van der Waals surface area (Å²) < 4.78 is 0. The van der Waals surface area contributed by atoms with Gasteiger partial charge in [-0.1, -0.05) is 35.6 Å². The Kier molecular flexibility index (Phi) is 2.40. The lowest BCUT2D eigenvalue weighted by atomic mass is 10.1. The predicted molar refractivity (Wildman–Crippen MR) is 69.1 cm³/mol. The number of thiazole rings is 1. The molecular weight excluding hydrogens is 216 g/mol. The fourth-order valence-corrected chi connectivity index (χ4v) is 2.65. The van der Waals surface area contributed by atoms with Gasteiger partial charge in [-0.15, -0.1) is 0 Å². The molecule has 1 aromatic heterocycles. The molecule has 0 atom stereocenters. The topological polar surface area (TPSA) is 24.9 Å². The van der Waals surface area contributed by atoms with E-state index in [1.54, 1.807) is 11.3 Å². The van der Waals surface area contributed by atoms with Crippen molar-refractivity contribution >= 4 is 16.5 Å². The summed E-state index contributed by atoms with van der Waals surface area (Å²) >= 11 is 1.70. The van der Waals surface area contributed by atoms with Crippen molar-refractivity contribution in [3.8, 4) is 10.4 Å². The molecule has 82 valence electrons. The number of nitrogens with zero attached hydrogens (tertiary/aromatic N) is 1. The average Bonchev–Trinajstić information content (AvgIpc) is 3.07. The van der Waals surface area contributed by atoms with Crippen LogP contribution >= 0.6 is 11.3 Å². The van der Waals surface area contributed by atoms with Crippen LogP contribution in [-0.2, 0) is 0 Å². The lowest BCUT2D eigenvalue weighted by Crippen LogP contribution is -1.83. The summed E-state index contributed by atoms with van der Waals surface area (Å²) in [6.07, 6.45) is 4.66. The highest BCUT2D eigenvalue weighted by Crippen LogP contribution is 2.41. The normalized spacial score (nSPS) is 15.1. The molecular formula is C13H14N2S. The Morgan fingerprint density at radius 3 is 2.94 bits per heavy atom. The maximum atomic E-state index is 4.31. The van der Waals surface area contributed by atoms with E-state index in [9.17, 15) is 0 Å². The molecule has 1 saturated carbocycles. The van der Waals surface area contributed by atoms with Crippen molar-refractivity contribution in [1.82, 2.24) is 4.98 Å². The van der Waals surface area contributed by atoms with Crippen LogP contribution < -0.4 is 5.32 Å². The zero-order valence-corrected chi connectivity index (χ0v) is 10.1. The third-order valence-corrected chi connectivity index (χ3v) is 4.00. The van der Waals surface area contributed by atoms with Gasteiger partial charge in [0.15, 0.2) is 5.13 Å². The molecule has 2 aromatic rings. The van der Waals surface area contributed by atoms with Gasteiger partial charge in [-0.05, 0) is 29.9 Å². The number of anilines is 1. The highest BCUT2D eigenvalue weighted by molar-refractivity contribution is 7.18. The number of hydrogen-bond donors (Lipinski definition) is 1. The lowest BCUT2D eigenvalue weighted by Gasteiger charge is -2.01. The van der Waals surface area contributed by atoms with Crippen LogP contribution in [0.4, 0.5) is 5.13 Å². The molecule has 1 aromatic carbocycles. The van der Waals surface area contributed by atoms with Crippen molar-refractivity contribution < 1.29 is 0 Å². The first-order chi connectivity index (χ1) is 7.86. The van der Waals surface area contributed by atoms with Gasteiger partial charge < -0.3 is 5.32 Å². The van der Waals surface area contributed by atoms with E-state index >= 15 is 0 Å². The Balaban J connectivity index is 1.95. The van der Waals surface area contributed by atoms with Crippen molar-refractivity contribution in [3.05, 3.63) is 36.0 Å². The van der Waals surface area contributed by atoms with Gasteiger partial charge in [0.05, 0.1) is 4.88 Å². The van der Waals surface area contributed by atoms with E-state index in [4.69, 9.17) is 0 Å². The Hall–Kier alpha value is -1.35. The molecule has 0 unspecified atom stereocenters. The zero-order chi connectivity index (χ0) is 11.0. The third-order valence-electron chi connectivity index (χ3n) is 2.94. The molecule has 1 N–H and O–H groups in total. The van der Waals surface area contributed by atoms with Crippen LogP contribution in [0.15, 0.2) is 30.5 Å². The van der Waals surface area contributed by atoms with Crippen molar-refractivity contribution in [1.29, 1.82) is 0 Å². The van der Waals surface area contributed by atoms with Crippen LogP contribution in [0.2, 0.25) is 0 Å². The molecule has 0 aliphatic heterocycles. The first kappa shape index (κ1) is 9.85. The minimum atomic E-state index is 0.816. The summed E-state index contributed by atoms with van der Waals surface area (Å²) in [5.74, 6) is 0.816. The monoisotopic (exact) mass is 230 g/mol. The van der Waals surface area contributed by atoms with Crippen LogP contribution in [0, 0.1) is 0 Å². The second-order valence-electron chi connectivity index (χ2n) is 4.18. The molecule has 3 rings (SSSR count). The van der Waals surface area contributed by atoms with Gasteiger partial charge in [-0.2, -0.15) is 0 Å². The first-order valence-corrected chi connectivity index (χ1v) is 6.42. The molecule has 1 aliphatic rings. The number of rotatable bonds is 3. The Bertz CT molecular complexity index is 500. The number of benzene rings is 1. The van der Waals surface area contributed by atoms with Crippen molar-refractivity contribution in [2.75, 3.05) is 12.4 Å². The van der Waals surface area contributed by atoms with Crippen molar-refractivity contribution in [2.24, 2.45) is 0 Å². The van der Waals surface area contributed by atoms with Crippen LogP contribution in [0.1, 0.15) is 24.3 Å². The van der Waals surface area contributed by atoms with Crippen LogP contribution in [0.25, 0.3) is 10.4 Å². The third kappa shape index (κ3) is 1.83. The quantitative estimate of drug-likeness (QED) is 0.869. The minimum Gasteiger partial charge on any atom is -0.365 e. The molecule has 1 fully saturated rings. The molecule has 0 spiro atoms. The number of nitrogens with one attached hydrogen (secondary N) is 1. The molecule has 0 bridgehead atoms.